The van der Waals surface area contributed by atoms with E-state index in [1.54, 1.807) is 13.8 Å². The van der Waals surface area contributed by atoms with Crippen molar-refractivity contribution >= 4 is 39.5 Å². The molecule has 0 spiro atoms. The Bertz CT molecular complexity index is 1390. The molecule has 7 atom stereocenters. The highest BCUT2D eigenvalue weighted by Crippen LogP contribution is 2.31. The van der Waals surface area contributed by atoms with Crippen LogP contribution < -0.4 is 26.0 Å². The molecule has 1 aliphatic heterocycles. The van der Waals surface area contributed by atoms with Crippen molar-refractivity contribution < 1.29 is 61.7 Å². The Morgan fingerprint density at radius 2 is 1.58 bits per heavy atom. The van der Waals surface area contributed by atoms with Gasteiger partial charge in [-0.05, 0) is 30.5 Å². The number of amides is 3. The topological polar surface area (TPSA) is 259 Å². The molecule has 1 heterocycles. The first-order valence-electron chi connectivity index (χ1n) is 15.5. The average molecular weight is 705 g/mol. The summed E-state index contributed by atoms with van der Waals surface area (Å²) in [7, 11) is -4.42. The van der Waals surface area contributed by atoms with Gasteiger partial charge in [-0.2, -0.15) is 8.42 Å². The Labute approximate surface area is 279 Å². The van der Waals surface area contributed by atoms with Crippen LogP contribution in [0.5, 0.6) is 5.75 Å². The Balaban J connectivity index is 2.33. The molecule has 1 aromatic rings. The molecule has 0 bridgehead atoms. The number of carbonyl (C=O) groups is 4. The van der Waals surface area contributed by atoms with Crippen LogP contribution in [0.25, 0.3) is 0 Å². The van der Waals surface area contributed by atoms with E-state index in [1.165, 1.54) is 25.1 Å². The predicted octanol–water partition coefficient (Wildman–Crippen LogP) is -0.958. The van der Waals surface area contributed by atoms with Crippen molar-refractivity contribution in [2.45, 2.75) is 104 Å². The van der Waals surface area contributed by atoms with Gasteiger partial charge in [-0.25, -0.2) is 0 Å². The number of aliphatic hydroxyl groups excluding tert-OH is 3. The van der Waals surface area contributed by atoms with Gasteiger partial charge in [0, 0.05) is 12.6 Å². The zero-order valence-electron chi connectivity index (χ0n) is 28.0. The van der Waals surface area contributed by atoms with Crippen LogP contribution in [0, 0.1) is 11.8 Å². The summed E-state index contributed by atoms with van der Waals surface area (Å²) in [5, 5.41) is 42.1. The molecule has 48 heavy (non-hydrogen) atoms. The first-order chi connectivity index (χ1) is 22.2. The number of hydrogen-bond acceptors (Lipinski definition) is 13. The largest absolute Gasteiger partial charge is 0.461 e. The fraction of sp³-hybridized carbons (Fsp3) is 0.667. The van der Waals surface area contributed by atoms with Gasteiger partial charge in [0.15, 0.2) is 6.10 Å². The summed E-state index contributed by atoms with van der Waals surface area (Å²) in [6.45, 7) is 11.5. The van der Waals surface area contributed by atoms with Gasteiger partial charge in [0.05, 0.1) is 23.4 Å². The fourth-order valence-corrected chi connectivity index (χ4v) is 4.77. The standard InChI is InChI=1S/C30H48N4O13S/c1-14(2)21(32-16(5)6)27(39)33-17(7)26(38)34-19-9-8-18(13-45-29(41)15(3)4)12-20(19)46-30-24(37)22(35)23(36)25(47-30)28(40)31-10-11-48(42,43)44/h8-9,12,14-17,21-25,30,32,35-37H,10-11,13H2,1-7H3,(H,31,40)(H,33,39)(H,34,38)(H,42,43,44)/t17-,21-,22-,23-,24+,25-,30+/m0/s1. The molecule has 8 N–H and O–H groups in total. The van der Waals surface area contributed by atoms with E-state index in [0.29, 0.717) is 5.56 Å². The minimum absolute atomic E-state index is 0.00432. The van der Waals surface area contributed by atoms with E-state index in [0.717, 1.165) is 0 Å². The summed E-state index contributed by atoms with van der Waals surface area (Å²) >= 11 is 0. The molecule has 0 aromatic heterocycles. The number of aliphatic hydroxyl groups is 3. The second-order valence-corrected chi connectivity index (χ2v) is 14.0. The predicted molar refractivity (Wildman–Crippen MR) is 171 cm³/mol. The Kier molecular flexibility index (Phi) is 15.2. The van der Waals surface area contributed by atoms with E-state index >= 15 is 0 Å². The number of carbonyl (C=O) groups excluding carboxylic acids is 4. The van der Waals surface area contributed by atoms with E-state index < -0.39 is 94.8 Å². The third-order valence-corrected chi connectivity index (χ3v) is 7.82. The number of anilines is 1. The first-order valence-corrected chi connectivity index (χ1v) is 17.1. The summed E-state index contributed by atoms with van der Waals surface area (Å²) < 4.78 is 47.4. The molecule has 1 aliphatic rings. The van der Waals surface area contributed by atoms with Gasteiger partial charge in [0.2, 0.25) is 18.1 Å². The highest BCUT2D eigenvalue weighted by Gasteiger charge is 2.48. The van der Waals surface area contributed by atoms with Crippen LogP contribution in [-0.2, 0) is 45.4 Å². The van der Waals surface area contributed by atoms with Gasteiger partial charge in [0.25, 0.3) is 16.0 Å². The third kappa shape index (κ3) is 12.2. The van der Waals surface area contributed by atoms with E-state index in [2.05, 4.69) is 21.3 Å². The molecule has 18 heteroatoms. The van der Waals surface area contributed by atoms with Crippen molar-refractivity contribution in [3.63, 3.8) is 0 Å². The van der Waals surface area contributed by atoms with Gasteiger partial charge in [-0.15, -0.1) is 0 Å². The summed E-state index contributed by atoms with van der Waals surface area (Å²) in [4.78, 5) is 50.9. The van der Waals surface area contributed by atoms with Crippen molar-refractivity contribution in [2.24, 2.45) is 11.8 Å². The normalized spacial score (nSPS) is 22.6. The minimum Gasteiger partial charge on any atom is -0.461 e. The molecule has 0 saturated carbocycles. The van der Waals surface area contributed by atoms with Crippen LogP contribution >= 0.6 is 0 Å². The quantitative estimate of drug-likeness (QED) is 0.0762. The van der Waals surface area contributed by atoms with Crippen LogP contribution in [0.15, 0.2) is 18.2 Å². The van der Waals surface area contributed by atoms with Crippen molar-refractivity contribution in [2.75, 3.05) is 17.6 Å². The molecular weight excluding hydrogens is 656 g/mol. The molecule has 1 aromatic carbocycles. The molecular formula is C30H48N4O13S. The van der Waals surface area contributed by atoms with Crippen molar-refractivity contribution in [1.29, 1.82) is 0 Å². The Morgan fingerprint density at radius 3 is 2.15 bits per heavy atom. The van der Waals surface area contributed by atoms with E-state index in [9.17, 15) is 42.9 Å². The Hall–Kier alpha value is -3.39. The smallest absolute Gasteiger partial charge is 0.308 e. The molecule has 0 radical (unpaired) electrons. The lowest BCUT2D eigenvalue weighted by molar-refractivity contribution is -0.266. The van der Waals surface area contributed by atoms with Gasteiger partial charge in [-0.3, -0.25) is 23.7 Å². The molecule has 17 nitrogen and oxygen atoms in total. The van der Waals surface area contributed by atoms with E-state index in [-0.39, 0.29) is 30.0 Å². The maximum atomic E-state index is 13.2. The molecule has 0 unspecified atom stereocenters. The summed E-state index contributed by atoms with van der Waals surface area (Å²) in [5.74, 6) is -4.12. The fourth-order valence-electron chi connectivity index (χ4n) is 4.41. The molecule has 1 saturated heterocycles. The summed E-state index contributed by atoms with van der Waals surface area (Å²) in [5.41, 5.74) is 0.384. The molecule has 0 aliphatic carbocycles. The third-order valence-electron chi connectivity index (χ3n) is 7.10. The molecule has 272 valence electrons. The SMILES string of the molecule is CC(C)N[C@H](C(=O)N[C@@H](C)C(=O)Nc1ccc(COC(=O)C(C)C)cc1O[C@@H]1O[C@H](C(=O)NCCS(=O)(=O)O)[C@@H](O)[C@H](O)[C@H]1O)C(C)C. The average Bonchev–Trinajstić information content (AvgIpc) is 2.98. The maximum Gasteiger partial charge on any atom is 0.308 e. The van der Waals surface area contributed by atoms with Crippen LogP contribution in [-0.4, -0.2) is 113 Å². The number of ether oxygens (including phenoxy) is 3. The van der Waals surface area contributed by atoms with Gasteiger partial charge in [0.1, 0.15) is 36.7 Å². The van der Waals surface area contributed by atoms with Crippen molar-refractivity contribution in [1.82, 2.24) is 16.0 Å². The van der Waals surface area contributed by atoms with Crippen LogP contribution in [0.2, 0.25) is 0 Å². The lowest BCUT2D eigenvalue weighted by Gasteiger charge is -2.39. The number of rotatable bonds is 16. The van der Waals surface area contributed by atoms with Crippen LogP contribution in [0.4, 0.5) is 5.69 Å². The monoisotopic (exact) mass is 704 g/mol. The zero-order chi connectivity index (χ0) is 36.5. The second kappa shape index (κ2) is 17.8. The van der Waals surface area contributed by atoms with Gasteiger partial charge in [-0.1, -0.05) is 47.6 Å². The van der Waals surface area contributed by atoms with Crippen molar-refractivity contribution in [3.05, 3.63) is 23.8 Å². The lowest BCUT2D eigenvalue weighted by Crippen LogP contribution is -2.63. The van der Waals surface area contributed by atoms with E-state index in [1.807, 2.05) is 27.7 Å². The number of hydrogen-bond donors (Lipinski definition) is 8. The molecule has 2 rings (SSSR count). The number of nitrogens with one attached hydrogen (secondary N) is 4. The Morgan fingerprint density at radius 1 is 0.938 bits per heavy atom. The molecule has 1 fully saturated rings. The number of benzene rings is 1. The van der Waals surface area contributed by atoms with Crippen LogP contribution in [0.1, 0.15) is 54.0 Å². The number of esters is 1. The lowest BCUT2D eigenvalue weighted by atomic mass is 9.98. The van der Waals surface area contributed by atoms with Gasteiger partial charge < -0.3 is 50.8 Å². The van der Waals surface area contributed by atoms with Crippen molar-refractivity contribution in [3.8, 4) is 5.75 Å². The van der Waals surface area contributed by atoms with Gasteiger partial charge >= 0.3 is 5.97 Å². The summed E-state index contributed by atoms with van der Waals surface area (Å²) in [6, 6.07) is 2.67. The second-order valence-electron chi connectivity index (χ2n) is 12.4. The van der Waals surface area contributed by atoms with Crippen LogP contribution in [0.3, 0.4) is 0 Å². The minimum atomic E-state index is -4.42. The van der Waals surface area contributed by atoms with E-state index in [4.69, 9.17) is 18.8 Å². The summed E-state index contributed by atoms with van der Waals surface area (Å²) in [6.07, 6.45) is -9.54. The maximum absolute atomic E-state index is 13.2. The molecule has 3 amide bonds. The highest BCUT2D eigenvalue weighted by molar-refractivity contribution is 7.85. The highest BCUT2D eigenvalue weighted by atomic mass is 32.2. The zero-order valence-corrected chi connectivity index (χ0v) is 28.8. The first kappa shape index (κ1) is 40.8.